The van der Waals surface area contributed by atoms with E-state index in [1.807, 2.05) is 0 Å². The second-order valence-electron chi connectivity index (χ2n) is 16.3. The summed E-state index contributed by atoms with van der Waals surface area (Å²) >= 11 is 0. The summed E-state index contributed by atoms with van der Waals surface area (Å²) in [5, 5.41) is 0. The van der Waals surface area contributed by atoms with Gasteiger partial charge in [0.25, 0.3) is 0 Å². The lowest BCUT2D eigenvalue weighted by Gasteiger charge is -2.11. The Morgan fingerprint density at radius 2 is 0.926 bits per heavy atom. The maximum absolute atomic E-state index is 12.1. The van der Waals surface area contributed by atoms with Crippen LogP contribution >= 0.6 is 0 Å². The van der Waals surface area contributed by atoms with Crippen LogP contribution in [-0.4, -0.2) is 4.70 Å². The van der Waals surface area contributed by atoms with Gasteiger partial charge in [-0.15, -0.1) is 0 Å². The molecule has 0 saturated heterocycles. The van der Waals surface area contributed by atoms with E-state index in [0.717, 1.165) is 66.6 Å². The molecule has 0 aliphatic carbocycles. The molecule has 0 atom stereocenters. The summed E-state index contributed by atoms with van der Waals surface area (Å²) in [6, 6.07) is 17.9. The van der Waals surface area contributed by atoms with Crippen molar-refractivity contribution < 1.29 is 4.70 Å². The number of hydrogen-bond donors (Lipinski definition) is 0. The predicted molar refractivity (Wildman–Crippen MR) is 237 cm³/mol. The average Bonchev–Trinajstić information content (AvgIpc) is 3.47. The molecular formula is C52H80N2. The van der Waals surface area contributed by atoms with Crippen molar-refractivity contribution in [2.24, 2.45) is 0 Å². The maximum atomic E-state index is 12.1. The molecule has 0 unspecified atom stereocenters. The van der Waals surface area contributed by atoms with Crippen LogP contribution in [0.2, 0.25) is 0 Å². The first-order valence-electron chi connectivity index (χ1n) is 23.3. The van der Waals surface area contributed by atoms with E-state index in [2.05, 4.69) is 88.1 Å². The van der Waals surface area contributed by atoms with Crippen LogP contribution in [0, 0.1) is 11.8 Å². The molecule has 0 spiro atoms. The fourth-order valence-corrected chi connectivity index (χ4v) is 8.03. The SMILES string of the molecule is CCCCCCCCCCCCCCCCCC#CC1=C(c2ccc(CCCC)cc2)[N+](=[N-])C(c2cccc(CCCCCCCC)c2)=C1CCCCC. The molecule has 0 saturated carbocycles. The first-order chi connectivity index (χ1) is 26.6. The molecule has 0 radical (unpaired) electrons. The largest absolute Gasteiger partial charge is 0.493 e. The van der Waals surface area contributed by atoms with E-state index in [0.29, 0.717) is 0 Å². The lowest BCUT2D eigenvalue weighted by Crippen LogP contribution is -2.03. The third kappa shape index (κ3) is 17.3. The van der Waals surface area contributed by atoms with Crippen molar-refractivity contribution in [2.45, 2.75) is 220 Å². The first kappa shape index (κ1) is 45.5. The first-order valence-corrected chi connectivity index (χ1v) is 23.3. The van der Waals surface area contributed by atoms with Crippen molar-refractivity contribution in [3.63, 3.8) is 0 Å². The van der Waals surface area contributed by atoms with Gasteiger partial charge >= 0.3 is 0 Å². The summed E-state index contributed by atoms with van der Waals surface area (Å²) in [5.41, 5.74) is 21.1. The summed E-state index contributed by atoms with van der Waals surface area (Å²) in [4.78, 5) is 0. The van der Waals surface area contributed by atoms with E-state index < -0.39 is 0 Å². The van der Waals surface area contributed by atoms with Crippen molar-refractivity contribution in [1.82, 2.24) is 0 Å². The molecular weight excluding hydrogens is 653 g/mol. The van der Waals surface area contributed by atoms with Gasteiger partial charge in [0.15, 0.2) is 0 Å². The van der Waals surface area contributed by atoms with Crippen LogP contribution in [0.25, 0.3) is 16.9 Å². The average molecular weight is 733 g/mol. The summed E-state index contributed by atoms with van der Waals surface area (Å²) in [7, 11) is 0. The molecule has 2 aromatic rings. The molecule has 0 amide bonds. The maximum Gasteiger partial charge on any atom is 0.223 e. The van der Waals surface area contributed by atoms with E-state index in [-0.39, 0.29) is 0 Å². The van der Waals surface area contributed by atoms with Gasteiger partial charge in [0.1, 0.15) is 5.57 Å². The van der Waals surface area contributed by atoms with E-state index >= 15 is 0 Å². The molecule has 1 heterocycles. The van der Waals surface area contributed by atoms with E-state index in [4.69, 9.17) is 0 Å². The van der Waals surface area contributed by atoms with Crippen LogP contribution in [0.5, 0.6) is 0 Å². The minimum atomic E-state index is 0.865. The quantitative estimate of drug-likeness (QED) is 0.0419. The zero-order valence-electron chi connectivity index (χ0n) is 35.7. The second-order valence-corrected chi connectivity index (χ2v) is 16.3. The molecule has 0 N–H and O–H groups in total. The Morgan fingerprint density at radius 1 is 0.444 bits per heavy atom. The predicted octanol–water partition coefficient (Wildman–Crippen LogP) is 16.9. The molecule has 0 bridgehead atoms. The summed E-state index contributed by atoms with van der Waals surface area (Å²) < 4.78 is 1.50. The zero-order chi connectivity index (χ0) is 38.5. The smallest absolute Gasteiger partial charge is 0.223 e. The Kier molecular flexibility index (Phi) is 24.7. The standard InChI is InChI=1S/C52H80N2/c1-5-9-13-15-17-18-19-20-21-22-23-24-25-26-27-29-32-39-49-50(38-30-11-7-3)52(48-37-33-36-46(44-48)35-31-28-16-14-10-6-2)54(53)51(49)47-42-40-45(41-43-47)34-12-8-4/h33,36-37,40-44H,5-31,34-35,38H2,1-4H3. The van der Waals surface area contributed by atoms with Crippen molar-refractivity contribution >= 4 is 11.4 Å². The van der Waals surface area contributed by atoms with Gasteiger partial charge in [-0.2, -0.15) is 0 Å². The molecule has 54 heavy (non-hydrogen) atoms. The Labute approximate surface area is 334 Å². The normalized spacial score (nSPS) is 12.9. The summed E-state index contributed by atoms with van der Waals surface area (Å²) in [5.74, 6) is 7.29. The van der Waals surface area contributed by atoms with E-state index in [9.17, 15) is 5.53 Å². The zero-order valence-corrected chi connectivity index (χ0v) is 35.7. The molecule has 3 rings (SSSR count). The minimum absolute atomic E-state index is 0.865. The molecule has 298 valence electrons. The monoisotopic (exact) mass is 733 g/mol. The third-order valence-corrected chi connectivity index (χ3v) is 11.5. The lowest BCUT2D eigenvalue weighted by atomic mass is 9.94. The molecule has 1 aliphatic rings. The molecule has 2 nitrogen and oxygen atoms in total. The van der Waals surface area contributed by atoms with Gasteiger partial charge in [-0.1, -0.05) is 205 Å². The van der Waals surface area contributed by atoms with E-state index in [1.165, 1.54) is 175 Å². The van der Waals surface area contributed by atoms with Gasteiger partial charge in [-0.25, -0.2) is 4.70 Å². The molecule has 2 aromatic carbocycles. The van der Waals surface area contributed by atoms with Gasteiger partial charge in [-0.3, -0.25) is 0 Å². The summed E-state index contributed by atoms with van der Waals surface area (Å²) in [6.07, 6.45) is 38.4. The third-order valence-electron chi connectivity index (χ3n) is 11.5. The fourth-order valence-electron chi connectivity index (χ4n) is 8.03. The Bertz CT molecular complexity index is 1430. The Balaban J connectivity index is 1.68. The van der Waals surface area contributed by atoms with Crippen LogP contribution in [0.3, 0.4) is 0 Å². The minimum Gasteiger partial charge on any atom is -0.493 e. The van der Waals surface area contributed by atoms with Crippen LogP contribution in [0.15, 0.2) is 59.7 Å². The Morgan fingerprint density at radius 3 is 1.50 bits per heavy atom. The number of unbranched alkanes of at least 4 members (excludes halogenated alkanes) is 23. The molecule has 0 fully saturated rings. The molecule has 1 aliphatic heterocycles. The molecule has 0 aromatic heterocycles. The summed E-state index contributed by atoms with van der Waals surface area (Å²) in [6.45, 7) is 9.10. The van der Waals surface area contributed by atoms with Gasteiger partial charge < -0.3 is 5.53 Å². The fraction of sp³-hybridized carbons (Fsp3) is 0.654. The highest BCUT2D eigenvalue weighted by atomic mass is 15.2. The van der Waals surface area contributed by atoms with Crippen molar-refractivity contribution in [3.8, 4) is 11.8 Å². The highest BCUT2D eigenvalue weighted by molar-refractivity contribution is 5.85. The van der Waals surface area contributed by atoms with Gasteiger partial charge in [-0.05, 0) is 80.3 Å². The Hall–Kier alpha value is -2.92. The highest BCUT2D eigenvalue weighted by Gasteiger charge is 2.35. The number of hydrogen-bond acceptors (Lipinski definition) is 0. The van der Waals surface area contributed by atoms with Crippen LogP contribution in [0.4, 0.5) is 0 Å². The highest BCUT2D eigenvalue weighted by Crippen LogP contribution is 2.42. The van der Waals surface area contributed by atoms with Crippen molar-refractivity contribution in [2.75, 3.05) is 0 Å². The number of benzene rings is 2. The number of nitrogens with zero attached hydrogens (tertiary/aromatic N) is 2. The number of rotatable bonds is 31. The van der Waals surface area contributed by atoms with Crippen molar-refractivity contribution in [3.05, 3.63) is 87.5 Å². The van der Waals surface area contributed by atoms with Crippen molar-refractivity contribution in [1.29, 1.82) is 0 Å². The topological polar surface area (TPSA) is 25.3 Å². The number of aryl methyl sites for hydroxylation is 2. The number of allylic oxidation sites excluding steroid dienone is 2. The van der Waals surface area contributed by atoms with Gasteiger partial charge in [0, 0.05) is 23.1 Å². The van der Waals surface area contributed by atoms with Crippen LogP contribution < -0.4 is 0 Å². The van der Waals surface area contributed by atoms with Gasteiger partial charge in [0.05, 0.1) is 0 Å². The second kappa shape index (κ2) is 29.4. The van der Waals surface area contributed by atoms with E-state index in [1.54, 1.807) is 0 Å². The molecule has 2 heteroatoms. The van der Waals surface area contributed by atoms with Crippen LogP contribution in [0.1, 0.15) is 230 Å². The van der Waals surface area contributed by atoms with Crippen LogP contribution in [-0.2, 0) is 12.8 Å². The van der Waals surface area contributed by atoms with Gasteiger partial charge in [0.2, 0.25) is 11.4 Å². The lowest BCUT2D eigenvalue weighted by molar-refractivity contribution is -0.345.